The van der Waals surface area contributed by atoms with Crippen LogP contribution in [0.4, 0.5) is 11.4 Å². The lowest BCUT2D eigenvalue weighted by Crippen LogP contribution is -2.52. The molecule has 0 aliphatic carbocycles. The zero-order valence-electron chi connectivity index (χ0n) is 25.8. The summed E-state index contributed by atoms with van der Waals surface area (Å²) in [5.74, 6) is -1.52. The number of ether oxygens (including phenoxy) is 1. The predicted molar refractivity (Wildman–Crippen MR) is 181 cm³/mol. The molecule has 3 amide bonds. The Labute approximate surface area is 272 Å². The molecule has 3 aliphatic heterocycles. The van der Waals surface area contributed by atoms with Gasteiger partial charge in [-0.05, 0) is 79.4 Å². The molecule has 8 nitrogen and oxygen atoms in total. The number of benzene rings is 4. The summed E-state index contributed by atoms with van der Waals surface area (Å²) in [4.78, 5) is 45.0. The van der Waals surface area contributed by atoms with Crippen LogP contribution in [-0.4, -0.2) is 56.5 Å². The second-order valence-electron chi connectivity index (χ2n) is 12.6. The zero-order chi connectivity index (χ0) is 32.1. The van der Waals surface area contributed by atoms with Crippen LogP contribution < -0.4 is 15.4 Å². The highest BCUT2D eigenvalue weighted by molar-refractivity contribution is 8.02. The molecule has 9 heteroatoms. The normalized spacial score (nSPS) is 27.0. The van der Waals surface area contributed by atoms with Gasteiger partial charge in [0.2, 0.25) is 17.7 Å². The summed E-state index contributed by atoms with van der Waals surface area (Å²) < 4.78 is 4.17. The summed E-state index contributed by atoms with van der Waals surface area (Å²) >= 11 is 1.60. The van der Waals surface area contributed by atoms with Gasteiger partial charge < -0.3 is 25.4 Å². The smallest absolute Gasteiger partial charge is 0.248 e. The number of hydrogen-bond acceptors (Lipinski definition) is 6. The van der Waals surface area contributed by atoms with Gasteiger partial charge in [-0.1, -0.05) is 60.7 Å². The maximum atomic E-state index is 14.7. The number of thioether (sulfide) groups is 1. The maximum Gasteiger partial charge on any atom is 0.248 e. The van der Waals surface area contributed by atoms with Gasteiger partial charge in [-0.2, -0.15) is 0 Å². The second kappa shape index (κ2) is 11.8. The lowest BCUT2D eigenvalue weighted by molar-refractivity contribution is -0.141. The predicted octanol–water partition coefficient (Wildman–Crippen LogP) is 6.03. The van der Waals surface area contributed by atoms with Gasteiger partial charge in [-0.3, -0.25) is 14.4 Å². The number of carbonyl (C=O) groups is 3. The molecule has 6 atom stereocenters. The van der Waals surface area contributed by atoms with Gasteiger partial charge in [0.05, 0.1) is 35.8 Å². The van der Waals surface area contributed by atoms with Crippen LogP contribution in [0.5, 0.6) is 5.75 Å². The van der Waals surface area contributed by atoms with Crippen LogP contribution in [0.25, 0.3) is 10.8 Å². The SMILES string of the molecule is CCOc1ccc(NC(=O)[C@@H]2[C@H]3C(=O)N([C@H](CO)c4ccccc4)C(C(=O)Nc4ccc5ccccc5c4)C34CC[C@@]2(C)S4)cc1. The minimum absolute atomic E-state index is 0.241. The van der Waals surface area contributed by atoms with Crippen molar-refractivity contribution >= 4 is 51.6 Å². The summed E-state index contributed by atoms with van der Waals surface area (Å²) in [6.07, 6.45) is 1.29. The van der Waals surface area contributed by atoms with Crippen molar-refractivity contribution < 1.29 is 24.2 Å². The largest absolute Gasteiger partial charge is 0.494 e. The van der Waals surface area contributed by atoms with Crippen LogP contribution in [0.3, 0.4) is 0 Å². The highest BCUT2D eigenvalue weighted by atomic mass is 32.2. The second-order valence-corrected chi connectivity index (χ2v) is 14.5. The van der Waals surface area contributed by atoms with E-state index in [1.807, 2.05) is 86.6 Å². The van der Waals surface area contributed by atoms with Crippen LogP contribution in [0.2, 0.25) is 0 Å². The average Bonchev–Trinajstić information content (AvgIpc) is 3.63. The standard InChI is InChI=1S/C37H37N3O5S/c1-3-45-28-17-15-26(16-18-28)38-33(42)30-31-35(44)40(29(22-41)24-10-5-4-6-11-24)32(37(31)20-19-36(30,2)46-37)34(43)39-27-14-13-23-9-7-8-12-25(23)21-27/h4-18,21,29-32,41H,3,19-20,22H2,1-2H3,(H,38,42)(H,39,43)/t29-,30+,31+,32?,36-,37?/m1/s1. The number of nitrogens with one attached hydrogen (secondary N) is 2. The molecule has 3 heterocycles. The Kier molecular flexibility index (Phi) is 7.77. The molecule has 0 aromatic heterocycles. The van der Waals surface area contributed by atoms with E-state index in [0.717, 1.165) is 16.3 Å². The number of fused-ring (bicyclic) bond motifs is 2. The van der Waals surface area contributed by atoms with Crippen LogP contribution >= 0.6 is 11.8 Å². The van der Waals surface area contributed by atoms with Crippen molar-refractivity contribution in [3.05, 3.63) is 103 Å². The molecule has 2 bridgehead atoms. The van der Waals surface area contributed by atoms with Crippen molar-refractivity contribution in [3.63, 3.8) is 0 Å². The van der Waals surface area contributed by atoms with Crippen LogP contribution in [0, 0.1) is 11.8 Å². The van der Waals surface area contributed by atoms with E-state index >= 15 is 0 Å². The van der Waals surface area contributed by atoms with Crippen LogP contribution in [-0.2, 0) is 14.4 Å². The fourth-order valence-corrected chi connectivity index (χ4v) is 10.3. The number of amides is 3. The summed E-state index contributed by atoms with van der Waals surface area (Å²) in [5, 5.41) is 19.0. The topological polar surface area (TPSA) is 108 Å². The molecule has 1 spiro atoms. The first kappa shape index (κ1) is 30.3. The maximum absolute atomic E-state index is 14.7. The molecule has 3 fully saturated rings. The number of rotatable bonds is 9. The summed E-state index contributed by atoms with van der Waals surface area (Å²) in [7, 11) is 0. The Morgan fingerprint density at radius 2 is 1.59 bits per heavy atom. The van der Waals surface area contributed by atoms with Gasteiger partial charge in [0.1, 0.15) is 11.8 Å². The quantitative estimate of drug-likeness (QED) is 0.207. The Morgan fingerprint density at radius 1 is 0.913 bits per heavy atom. The van der Waals surface area contributed by atoms with Crippen LogP contribution in [0.1, 0.15) is 38.3 Å². The van der Waals surface area contributed by atoms with Crippen molar-refractivity contribution in [2.75, 3.05) is 23.8 Å². The molecule has 3 saturated heterocycles. The summed E-state index contributed by atoms with van der Waals surface area (Å²) in [5.41, 5.74) is 1.98. The number of carbonyl (C=O) groups excluding carboxylic acids is 3. The van der Waals surface area contributed by atoms with E-state index in [1.54, 1.807) is 40.9 Å². The first-order chi connectivity index (χ1) is 22.3. The highest BCUT2D eigenvalue weighted by Gasteiger charge is 2.77. The third-order valence-electron chi connectivity index (χ3n) is 9.89. The molecule has 0 saturated carbocycles. The number of hydrogen-bond donors (Lipinski definition) is 3. The molecule has 4 aromatic carbocycles. The number of aliphatic hydroxyl groups is 1. The zero-order valence-corrected chi connectivity index (χ0v) is 26.6. The lowest BCUT2D eigenvalue weighted by atomic mass is 9.66. The number of nitrogens with zero attached hydrogens (tertiary/aromatic N) is 1. The minimum atomic E-state index is -0.899. The van der Waals surface area contributed by atoms with Crippen LogP contribution in [0.15, 0.2) is 97.1 Å². The van der Waals surface area contributed by atoms with E-state index in [2.05, 4.69) is 10.6 Å². The van der Waals surface area contributed by atoms with Gasteiger partial charge in [0, 0.05) is 16.1 Å². The van der Waals surface area contributed by atoms with Crippen molar-refractivity contribution in [2.24, 2.45) is 11.8 Å². The molecular formula is C37H37N3O5S. The Morgan fingerprint density at radius 3 is 2.30 bits per heavy atom. The minimum Gasteiger partial charge on any atom is -0.494 e. The Balaban J connectivity index is 1.26. The molecule has 46 heavy (non-hydrogen) atoms. The third kappa shape index (κ3) is 4.93. The molecule has 236 valence electrons. The molecule has 3 aliphatic rings. The van der Waals surface area contributed by atoms with Gasteiger partial charge in [-0.15, -0.1) is 11.8 Å². The van der Waals surface area contributed by atoms with E-state index in [9.17, 15) is 19.5 Å². The average molecular weight is 636 g/mol. The molecular weight excluding hydrogens is 598 g/mol. The van der Waals surface area contributed by atoms with E-state index in [0.29, 0.717) is 36.6 Å². The number of likely N-dealkylation sites (tertiary alicyclic amines) is 1. The molecule has 3 N–H and O–H groups in total. The van der Waals surface area contributed by atoms with E-state index in [4.69, 9.17) is 4.74 Å². The van der Waals surface area contributed by atoms with Gasteiger partial charge >= 0.3 is 0 Å². The Bertz CT molecular complexity index is 1800. The highest BCUT2D eigenvalue weighted by Crippen LogP contribution is 2.72. The van der Waals surface area contributed by atoms with E-state index in [1.165, 1.54) is 0 Å². The van der Waals surface area contributed by atoms with E-state index < -0.39 is 33.4 Å². The van der Waals surface area contributed by atoms with Crippen molar-refractivity contribution in [1.82, 2.24) is 4.90 Å². The van der Waals surface area contributed by atoms with Gasteiger partial charge in [0.15, 0.2) is 0 Å². The van der Waals surface area contributed by atoms with Crippen molar-refractivity contribution in [1.29, 1.82) is 0 Å². The molecule has 4 aromatic rings. The van der Waals surface area contributed by atoms with E-state index in [-0.39, 0.29) is 24.3 Å². The summed E-state index contributed by atoms with van der Waals surface area (Å²) in [6, 6.07) is 28.5. The third-order valence-corrected chi connectivity index (χ3v) is 11.9. The summed E-state index contributed by atoms with van der Waals surface area (Å²) in [6.45, 7) is 4.14. The lowest BCUT2D eigenvalue weighted by Gasteiger charge is -2.37. The molecule has 7 rings (SSSR count). The van der Waals surface area contributed by atoms with Crippen molar-refractivity contribution in [2.45, 2.75) is 48.3 Å². The number of anilines is 2. The molecule has 2 unspecified atom stereocenters. The monoisotopic (exact) mass is 635 g/mol. The van der Waals surface area contributed by atoms with Gasteiger partial charge in [-0.25, -0.2) is 0 Å². The molecule has 0 radical (unpaired) electrons. The van der Waals surface area contributed by atoms with Gasteiger partial charge in [0.25, 0.3) is 0 Å². The number of aliphatic hydroxyl groups excluding tert-OH is 1. The fraction of sp³-hybridized carbons (Fsp3) is 0.324. The first-order valence-corrected chi connectivity index (χ1v) is 16.6. The Hall–Kier alpha value is -4.34. The van der Waals surface area contributed by atoms with Crippen molar-refractivity contribution in [3.8, 4) is 5.75 Å². The fourth-order valence-electron chi connectivity index (χ4n) is 7.93. The first-order valence-electron chi connectivity index (χ1n) is 15.8.